The average molecular weight is 640 g/mol. The lowest BCUT2D eigenvalue weighted by Crippen LogP contribution is -1.91. The van der Waals surface area contributed by atoms with Gasteiger partial charge in [0.05, 0.1) is 37.0 Å². The van der Waals surface area contributed by atoms with Crippen LogP contribution < -0.4 is 0 Å². The molecule has 10 rings (SSSR count). The van der Waals surface area contributed by atoms with E-state index in [-0.39, 0.29) is 0 Å². The fourth-order valence-electron chi connectivity index (χ4n) is 5.81. The summed E-state index contributed by atoms with van der Waals surface area (Å²) in [6, 6.07) is -25.2. The zero-order valence-electron chi connectivity index (χ0n) is 50.9. The maximum atomic E-state index is 11.5. The van der Waals surface area contributed by atoms with Crippen molar-refractivity contribution in [2.75, 3.05) is 0 Å². The number of benzene rings is 9. The van der Waals surface area contributed by atoms with E-state index in [1.165, 1.54) is 0 Å². The van der Waals surface area contributed by atoms with Crippen LogP contribution in [-0.2, 0) is 0 Å². The quantitative estimate of drug-likeness (QED) is 0.195. The minimum Gasteiger partial charge on any atom is -0.508 e. The number of furan rings is 1. The molecular formula is C46H28O2. The minimum absolute atomic E-state index is 0.491. The number of phenolic OH excluding ortho intramolecular Hbond substituents is 1. The van der Waals surface area contributed by atoms with Crippen molar-refractivity contribution in [3.8, 4) is 39.1 Å². The van der Waals surface area contributed by atoms with Gasteiger partial charge in [-0.15, -0.1) is 0 Å². The van der Waals surface area contributed by atoms with E-state index in [9.17, 15) is 21.6 Å². The molecule has 0 aliphatic rings. The fraction of sp³-hybridized carbons (Fsp3) is 0. The van der Waals surface area contributed by atoms with E-state index in [0.29, 0.717) is 0 Å². The topological polar surface area (TPSA) is 33.4 Å². The first-order valence-corrected chi connectivity index (χ1v) is 14.1. The Bertz CT molecular complexity index is 4340. The van der Waals surface area contributed by atoms with Crippen molar-refractivity contribution in [3.05, 3.63) is 163 Å². The molecule has 1 N–H and O–H groups in total. The standard InChI is InChI=1S/C46H28O2/c47-35-21-22-38-40(27-35)45(39-15-8-16-42-46(39)41-25-29-11-4-5-12-30(29)26-43(41)48-42)37-14-7-6-13-36(37)44(38)34-20-19-32-23-31(17-18-33(32)24-34)28-9-2-1-3-10-28/h1-27,47H/i1D,2D,3D,4D,5D,6D,7D,8D,9D,10D,11D,12D,13D,14D,15D,16D,17D,18D,19D,20D,21D,22D,23D,24D,25D,26D,27D. The van der Waals surface area contributed by atoms with Gasteiger partial charge in [0.25, 0.3) is 0 Å². The van der Waals surface area contributed by atoms with E-state index in [1.807, 2.05) is 0 Å². The van der Waals surface area contributed by atoms with Crippen LogP contribution in [0.25, 0.3) is 98.4 Å². The fourth-order valence-corrected chi connectivity index (χ4v) is 5.81. The van der Waals surface area contributed by atoms with Gasteiger partial charge >= 0.3 is 0 Å². The Balaban J connectivity index is 1.50. The van der Waals surface area contributed by atoms with Gasteiger partial charge in [0.15, 0.2) is 0 Å². The third-order valence-electron chi connectivity index (χ3n) is 7.81. The van der Waals surface area contributed by atoms with Crippen LogP contribution in [0.4, 0.5) is 0 Å². The zero-order valence-corrected chi connectivity index (χ0v) is 23.9. The molecule has 0 aliphatic carbocycles. The third kappa shape index (κ3) is 4.06. The first-order valence-electron chi connectivity index (χ1n) is 27.6. The monoisotopic (exact) mass is 639 g/mol. The van der Waals surface area contributed by atoms with Crippen LogP contribution in [0.5, 0.6) is 5.75 Å². The molecule has 0 atom stereocenters. The number of fused-ring (bicyclic) bond motifs is 7. The van der Waals surface area contributed by atoms with Crippen LogP contribution in [0.1, 0.15) is 37.0 Å². The van der Waals surface area contributed by atoms with Gasteiger partial charge in [0, 0.05) is 10.8 Å². The number of phenols is 1. The van der Waals surface area contributed by atoms with Crippen LogP contribution in [0.15, 0.2) is 168 Å². The molecule has 0 bridgehead atoms. The lowest BCUT2D eigenvalue weighted by atomic mass is 9.84. The van der Waals surface area contributed by atoms with E-state index in [2.05, 4.69) is 0 Å². The average Bonchev–Trinajstić information content (AvgIpc) is 3.78. The molecule has 0 fully saturated rings. The predicted molar refractivity (Wildman–Crippen MR) is 202 cm³/mol. The predicted octanol–water partition coefficient (Wildman–Crippen LogP) is 12.9. The van der Waals surface area contributed by atoms with Gasteiger partial charge in [-0.05, 0) is 119 Å². The van der Waals surface area contributed by atoms with Gasteiger partial charge in [-0.1, -0.05) is 121 Å². The number of aromatic hydroxyl groups is 1. The largest absolute Gasteiger partial charge is 0.508 e. The van der Waals surface area contributed by atoms with E-state index >= 15 is 0 Å². The molecule has 0 radical (unpaired) electrons. The molecular weight excluding hydrogens is 585 g/mol. The van der Waals surface area contributed by atoms with E-state index in [4.69, 9.17) is 25.0 Å². The smallest absolute Gasteiger partial charge is 0.136 e. The summed E-state index contributed by atoms with van der Waals surface area (Å²) in [6.45, 7) is 0. The lowest BCUT2D eigenvalue weighted by molar-refractivity contribution is 0.476. The molecule has 0 amide bonds. The Morgan fingerprint density at radius 1 is 0.396 bits per heavy atom. The summed E-state index contributed by atoms with van der Waals surface area (Å²) >= 11 is 0. The normalized spacial score (nSPS) is 19.7. The molecule has 224 valence electrons. The van der Waals surface area contributed by atoms with E-state index < -0.39 is 267 Å². The first-order chi connectivity index (χ1) is 35.0. The Morgan fingerprint density at radius 3 is 1.85 bits per heavy atom. The van der Waals surface area contributed by atoms with Crippen LogP contribution in [0.3, 0.4) is 0 Å². The molecule has 2 nitrogen and oxygen atoms in total. The van der Waals surface area contributed by atoms with Gasteiger partial charge in [0.2, 0.25) is 0 Å². The number of rotatable bonds is 3. The van der Waals surface area contributed by atoms with Crippen LogP contribution >= 0.6 is 0 Å². The van der Waals surface area contributed by atoms with E-state index in [0.717, 1.165) is 0 Å². The van der Waals surface area contributed by atoms with Crippen molar-refractivity contribution in [1.29, 1.82) is 0 Å². The Hall–Kier alpha value is -6.38. The lowest BCUT2D eigenvalue weighted by Gasteiger charge is -2.19. The first kappa shape index (κ1) is 11.4. The maximum Gasteiger partial charge on any atom is 0.136 e. The highest BCUT2D eigenvalue weighted by Crippen LogP contribution is 2.48. The maximum absolute atomic E-state index is 11.5. The SMILES string of the molecule is [2H]c1c([2H])c([2H])c(-c2c([2H])c([2H])c3c([2H])c(-c4c5c([2H])c([2H])c([2H])c([2H])c5c(-c5c([2H])c([2H])c([2H])c6oc7c([2H])c8c([2H])c([2H])c([2H])c([2H])c8c([2H])c7c56)c5c([2H])c(O)c([2H])c([2H])c45)c([2H])c([2H])c3c2[2H])c([2H])c1[2H]. The Morgan fingerprint density at radius 2 is 1.04 bits per heavy atom. The van der Waals surface area contributed by atoms with Crippen LogP contribution in [-0.4, -0.2) is 5.11 Å². The molecule has 10 aromatic rings. The second kappa shape index (κ2) is 10.3. The van der Waals surface area contributed by atoms with Crippen molar-refractivity contribution >= 4 is 65.0 Å². The summed E-state index contributed by atoms with van der Waals surface area (Å²) in [7, 11) is 0. The Kier molecular flexibility index (Phi) is 2.45. The zero-order chi connectivity index (χ0) is 55.3. The summed E-state index contributed by atoms with van der Waals surface area (Å²) in [5.74, 6) is -1.25. The highest BCUT2D eigenvalue weighted by atomic mass is 16.3. The summed E-state index contributed by atoms with van der Waals surface area (Å²) in [6.07, 6.45) is 0. The molecule has 2 heteroatoms. The van der Waals surface area contributed by atoms with Crippen LogP contribution in [0.2, 0.25) is 0 Å². The summed E-state index contributed by atoms with van der Waals surface area (Å²) in [5, 5.41) is 4.81. The molecule has 1 aromatic heterocycles. The van der Waals surface area contributed by atoms with Gasteiger partial charge in [-0.25, -0.2) is 0 Å². The molecule has 0 saturated carbocycles. The van der Waals surface area contributed by atoms with Gasteiger partial charge in [0.1, 0.15) is 16.9 Å². The summed E-state index contributed by atoms with van der Waals surface area (Å²) in [5.41, 5.74) is -5.80. The molecule has 1 heterocycles. The molecule has 0 saturated heterocycles. The minimum atomic E-state index is -1.25. The number of hydrogen-bond acceptors (Lipinski definition) is 2. The van der Waals surface area contributed by atoms with Crippen molar-refractivity contribution in [3.63, 3.8) is 0 Å². The second-order valence-electron chi connectivity index (χ2n) is 10.5. The van der Waals surface area contributed by atoms with Crippen molar-refractivity contribution in [2.45, 2.75) is 0 Å². The highest BCUT2D eigenvalue weighted by molar-refractivity contribution is 6.26. The molecule has 0 unspecified atom stereocenters. The second-order valence-corrected chi connectivity index (χ2v) is 10.5. The Labute approximate surface area is 314 Å². The highest BCUT2D eigenvalue weighted by Gasteiger charge is 2.21. The third-order valence-corrected chi connectivity index (χ3v) is 7.81. The van der Waals surface area contributed by atoms with E-state index in [1.54, 1.807) is 0 Å². The van der Waals surface area contributed by atoms with Gasteiger partial charge < -0.3 is 9.52 Å². The van der Waals surface area contributed by atoms with Crippen LogP contribution in [0, 0.1) is 0 Å². The van der Waals surface area contributed by atoms with Crippen molar-refractivity contribution in [1.82, 2.24) is 0 Å². The molecule has 0 aliphatic heterocycles. The van der Waals surface area contributed by atoms with Crippen molar-refractivity contribution in [2.24, 2.45) is 0 Å². The molecule has 9 aromatic carbocycles. The van der Waals surface area contributed by atoms with Crippen molar-refractivity contribution < 1.29 is 46.5 Å². The summed E-state index contributed by atoms with van der Waals surface area (Å²) in [4.78, 5) is 0. The molecule has 48 heavy (non-hydrogen) atoms. The van der Waals surface area contributed by atoms with Gasteiger partial charge in [-0.3, -0.25) is 0 Å². The summed E-state index contributed by atoms with van der Waals surface area (Å²) < 4.78 is 249. The number of hydrogen-bond donors (Lipinski definition) is 1. The van der Waals surface area contributed by atoms with Gasteiger partial charge in [-0.2, -0.15) is 0 Å². The molecule has 0 spiro atoms.